The van der Waals surface area contributed by atoms with Gasteiger partial charge in [0.25, 0.3) is 0 Å². The van der Waals surface area contributed by atoms with Crippen molar-refractivity contribution < 1.29 is 14.2 Å². The van der Waals surface area contributed by atoms with Crippen LogP contribution in [0.15, 0.2) is 4.99 Å². The SMILES string of the molecule is CCNC(=NCC1(CCOC)CC1)NCCCOC1CCOC1. The second-order valence-corrected chi connectivity index (χ2v) is 6.57. The summed E-state index contributed by atoms with van der Waals surface area (Å²) < 4.78 is 16.3. The molecule has 1 saturated heterocycles. The maximum Gasteiger partial charge on any atom is 0.191 e. The lowest BCUT2D eigenvalue weighted by atomic mass is 10.0. The number of aliphatic imine (C=N–C) groups is 1. The van der Waals surface area contributed by atoms with E-state index >= 15 is 0 Å². The van der Waals surface area contributed by atoms with Crippen LogP contribution in [0, 0.1) is 5.41 Å². The van der Waals surface area contributed by atoms with Gasteiger partial charge in [0.05, 0.1) is 12.7 Å². The van der Waals surface area contributed by atoms with Crippen LogP contribution in [0.1, 0.15) is 39.0 Å². The number of guanidine groups is 1. The Kier molecular flexibility index (Phi) is 8.12. The fourth-order valence-electron chi connectivity index (χ4n) is 2.74. The standard InChI is InChI=1S/C17H33N3O3/c1-3-18-16(20-14-17(6-7-17)8-12-21-2)19-9-4-10-23-15-5-11-22-13-15/h15H,3-14H2,1-2H3,(H2,18,19,20). The van der Waals surface area contributed by atoms with Crippen LogP contribution in [0.2, 0.25) is 0 Å². The van der Waals surface area contributed by atoms with Gasteiger partial charge >= 0.3 is 0 Å². The van der Waals surface area contributed by atoms with Gasteiger partial charge in [-0.25, -0.2) is 0 Å². The zero-order valence-corrected chi connectivity index (χ0v) is 14.7. The molecular weight excluding hydrogens is 294 g/mol. The average molecular weight is 327 g/mol. The summed E-state index contributed by atoms with van der Waals surface area (Å²) >= 11 is 0. The van der Waals surface area contributed by atoms with Crippen LogP contribution >= 0.6 is 0 Å². The fraction of sp³-hybridized carbons (Fsp3) is 0.941. The Bertz CT molecular complexity index is 353. The smallest absolute Gasteiger partial charge is 0.191 e. The van der Waals surface area contributed by atoms with Gasteiger partial charge in [-0.1, -0.05) is 0 Å². The minimum atomic E-state index is 0.299. The summed E-state index contributed by atoms with van der Waals surface area (Å²) in [6.07, 6.45) is 5.97. The van der Waals surface area contributed by atoms with Crippen molar-refractivity contribution in [3.8, 4) is 0 Å². The predicted molar refractivity (Wildman–Crippen MR) is 91.9 cm³/mol. The van der Waals surface area contributed by atoms with Gasteiger partial charge in [0.15, 0.2) is 5.96 Å². The first-order chi connectivity index (χ1) is 11.3. The fourth-order valence-corrected chi connectivity index (χ4v) is 2.74. The normalized spacial score (nSPS) is 23.0. The highest BCUT2D eigenvalue weighted by Gasteiger charge is 2.41. The molecule has 1 aliphatic heterocycles. The van der Waals surface area contributed by atoms with E-state index < -0.39 is 0 Å². The molecule has 2 aliphatic rings. The van der Waals surface area contributed by atoms with Crippen molar-refractivity contribution in [3.05, 3.63) is 0 Å². The quantitative estimate of drug-likeness (QED) is 0.342. The maximum absolute atomic E-state index is 5.77. The Hall–Kier alpha value is -0.850. The predicted octanol–water partition coefficient (Wildman–Crippen LogP) is 1.55. The van der Waals surface area contributed by atoms with E-state index in [4.69, 9.17) is 19.2 Å². The number of rotatable bonds is 11. The number of nitrogens with zero attached hydrogens (tertiary/aromatic N) is 1. The summed E-state index contributed by atoms with van der Waals surface area (Å²) in [5.41, 5.74) is 0.393. The molecule has 23 heavy (non-hydrogen) atoms. The second-order valence-electron chi connectivity index (χ2n) is 6.57. The number of ether oxygens (including phenoxy) is 3. The van der Waals surface area contributed by atoms with E-state index in [9.17, 15) is 0 Å². The van der Waals surface area contributed by atoms with E-state index in [0.717, 1.165) is 71.3 Å². The van der Waals surface area contributed by atoms with Crippen LogP contribution in [0.3, 0.4) is 0 Å². The first kappa shape index (κ1) is 18.5. The van der Waals surface area contributed by atoms with Crippen molar-refractivity contribution in [1.29, 1.82) is 0 Å². The second kappa shape index (κ2) is 10.1. The molecule has 134 valence electrons. The van der Waals surface area contributed by atoms with Crippen LogP contribution in [0.25, 0.3) is 0 Å². The summed E-state index contributed by atoms with van der Waals surface area (Å²) in [4.78, 5) is 4.75. The van der Waals surface area contributed by atoms with Crippen molar-refractivity contribution in [1.82, 2.24) is 10.6 Å². The van der Waals surface area contributed by atoms with Crippen molar-refractivity contribution in [2.24, 2.45) is 10.4 Å². The Morgan fingerprint density at radius 1 is 1.30 bits per heavy atom. The Balaban J connectivity index is 1.61. The van der Waals surface area contributed by atoms with Crippen LogP contribution in [0.5, 0.6) is 0 Å². The first-order valence-electron chi connectivity index (χ1n) is 8.98. The molecule has 0 aromatic rings. The summed E-state index contributed by atoms with van der Waals surface area (Å²) in [6.45, 7) is 7.95. The molecule has 0 radical (unpaired) electrons. The van der Waals surface area contributed by atoms with E-state index in [2.05, 4.69) is 17.6 Å². The Labute approximate surface area is 140 Å². The molecule has 2 fully saturated rings. The van der Waals surface area contributed by atoms with Crippen molar-refractivity contribution in [2.75, 3.05) is 53.2 Å². The number of hydrogen-bond donors (Lipinski definition) is 2. The molecule has 1 saturated carbocycles. The lowest BCUT2D eigenvalue weighted by molar-refractivity contribution is 0.0420. The Morgan fingerprint density at radius 2 is 2.17 bits per heavy atom. The molecule has 2 rings (SSSR count). The Morgan fingerprint density at radius 3 is 2.83 bits per heavy atom. The average Bonchev–Trinajstić information content (AvgIpc) is 3.14. The number of hydrogen-bond acceptors (Lipinski definition) is 4. The molecule has 1 aliphatic carbocycles. The van der Waals surface area contributed by atoms with Crippen LogP contribution in [0.4, 0.5) is 0 Å². The van der Waals surface area contributed by atoms with E-state index in [0.29, 0.717) is 11.5 Å². The highest BCUT2D eigenvalue weighted by Crippen LogP contribution is 2.48. The third-order valence-electron chi connectivity index (χ3n) is 4.57. The van der Waals surface area contributed by atoms with Gasteiger partial charge in [-0.3, -0.25) is 4.99 Å². The molecule has 0 spiro atoms. The van der Waals surface area contributed by atoms with E-state index in [1.807, 2.05) is 0 Å². The van der Waals surface area contributed by atoms with Gasteiger partial charge in [-0.05, 0) is 44.4 Å². The molecule has 1 heterocycles. The summed E-state index contributed by atoms with van der Waals surface area (Å²) in [5.74, 6) is 0.917. The third kappa shape index (κ3) is 7.06. The zero-order chi connectivity index (χ0) is 16.4. The topological polar surface area (TPSA) is 64.1 Å². The van der Waals surface area contributed by atoms with E-state index in [1.165, 1.54) is 12.8 Å². The summed E-state index contributed by atoms with van der Waals surface area (Å²) in [5, 5.41) is 6.72. The van der Waals surface area contributed by atoms with E-state index in [-0.39, 0.29) is 0 Å². The number of nitrogens with one attached hydrogen (secondary N) is 2. The molecule has 6 heteroatoms. The van der Waals surface area contributed by atoms with Gasteiger partial charge < -0.3 is 24.8 Å². The molecule has 0 aromatic carbocycles. The third-order valence-corrected chi connectivity index (χ3v) is 4.57. The molecule has 0 bridgehead atoms. The first-order valence-corrected chi connectivity index (χ1v) is 8.98. The van der Waals surface area contributed by atoms with Crippen molar-refractivity contribution in [2.45, 2.75) is 45.1 Å². The maximum atomic E-state index is 5.77. The van der Waals surface area contributed by atoms with Crippen LogP contribution in [-0.2, 0) is 14.2 Å². The molecule has 2 N–H and O–H groups in total. The monoisotopic (exact) mass is 327 g/mol. The summed E-state index contributed by atoms with van der Waals surface area (Å²) in [7, 11) is 1.77. The van der Waals surface area contributed by atoms with Crippen molar-refractivity contribution in [3.63, 3.8) is 0 Å². The minimum Gasteiger partial charge on any atom is -0.385 e. The minimum absolute atomic E-state index is 0.299. The van der Waals surface area contributed by atoms with Crippen LogP contribution < -0.4 is 10.6 Å². The van der Waals surface area contributed by atoms with Crippen LogP contribution in [-0.4, -0.2) is 65.2 Å². The molecule has 0 aromatic heterocycles. The van der Waals surface area contributed by atoms with Crippen molar-refractivity contribution >= 4 is 5.96 Å². The highest BCUT2D eigenvalue weighted by molar-refractivity contribution is 5.79. The highest BCUT2D eigenvalue weighted by atomic mass is 16.5. The van der Waals surface area contributed by atoms with Gasteiger partial charge in [-0.15, -0.1) is 0 Å². The summed E-state index contributed by atoms with van der Waals surface area (Å²) in [6, 6.07) is 0. The largest absolute Gasteiger partial charge is 0.385 e. The lowest BCUT2D eigenvalue weighted by Gasteiger charge is -2.15. The van der Waals surface area contributed by atoms with Gasteiger partial charge in [0.1, 0.15) is 0 Å². The van der Waals surface area contributed by atoms with Gasteiger partial charge in [0.2, 0.25) is 0 Å². The zero-order valence-electron chi connectivity index (χ0n) is 14.7. The van der Waals surface area contributed by atoms with Gasteiger partial charge in [-0.2, -0.15) is 0 Å². The molecule has 1 unspecified atom stereocenters. The molecular formula is C17H33N3O3. The molecule has 6 nitrogen and oxygen atoms in total. The lowest BCUT2D eigenvalue weighted by Crippen LogP contribution is -2.38. The molecule has 1 atom stereocenters. The molecule has 0 amide bonds. The van der Waals surface area contributed by atoms with E-state index in [1.54, 1.807) is 7.11 Å². The number of methoxy groups -OCH3 is 1. The van der Waals surface area contributed by atoms with Gasteiger partial charge in [0, 0.05) is 46.6 Å².